The van der Waals surface area contributed by atoms with Gasteiger partial charge in [0, 0.05) is 40.9 Å². The number of nitrogens with zero attached hydrogens (tertiary/aromatic N) is 3. The zero-order valence-electron chi connectivity index (χ0n) is 24.9. The molecule has 1 amide bonds. The van der Waals surface area contributed by atoms with Gasteiger partial charge < -0.3 is 14.4 Å². The summed E-state index contributed by atoms with van der Waals surface area (Å²) in [5.74, 6) is -1.80. The molecule has 5 aliphatic rings. The summed E-state index contributed by atoms with van der Waals surface area (Å²) in [4.78, 5) is 30.9. The highest BCUT2D eigenvalue weighted by atomic mass is 32.2. The van der Waals surface area contributed by atoms with Crippen LogP contribution in [0.2, 0.25) is 0 Å². The first-order valence-electron chi connectivity index (χ1n) is 15.8. The fourth-order valence-corrected chi connectivity index (χ4v) is 9.63. The first kappa shape index (κ1) is 28.1. The molecule has 4 aromatic rings. The summed E-state index contributed by atoms with van der Waals surface area (Å²) in [6.45, 7) is 0.555. The van der Waals surface area contributed by atoms with Crippen LogP contribution in [-0.2, 0) is 17.1 Å². The number of fused-ring (bicyclic) bond motifs is 6. The van der Waals surface area contributed by atoms with Gasteiger partial charge in [-0.25, -0.2) is 8.78 Å². The van der Waals surface area contributed by atoms with E-state index in [2.05, 4.69) is 5.01 Å². The molecule has 7 nitrogen and oxygen atoms in total. The van der Waals surface area contributed by atoms with Gasteiger partial charge in [0.1, 0.15) is 12.8 Å². The van der Waals surface area contributed by atoms with Gasteiger partial charge >= 0.3 is 0 Å². The Balaban J connectivity index is 1.29. The van der Waals surface area contributed by atoms with Crippen LogP contribution in [0.15, 0.2) is 88.7 Å². The van der Waals surface area contributed by atoms with Gasteiger partial charge in [0.2, 0.25) is 5.43 Å². The molecule has 5 atom stereocenters. The van der Waals surface area contributed by atoms with Crippen molar-refractivity contribution < 1.29 is 23.0 Å². The van der Waals surface area contributed by atoms with Crippen LogP contribution in [0.25, 0.3) is 0 Å². The highest BCUT2D eigenvalue weighted by Crippen LogP contribution is 2.57. The molecule has 1 unspecified atom stereocenters. The molecule has 0 aliphatic carbocycles. The van der Waals surface area contributed by atoms with Crippen molar-refractivity contribution >= 4 is 17.7 Å². The molecule has 0 radical (unpaired) electrons. The number of piperidine rings is 1. The van der Waals surface area contributed by atoms with E-state index in [9.17, 15) is 14.0 Å². The van der Waals surface area contributed by atoms with Crippen molar-refractivity contribution in [3.63, 3.8) is 0 Å². The third-order valence-electron chi connectivity index (χ3n) is 10.6. The monoisotopic (exact) mass is 639 g/mol. The first-order chi connectivity index (χ1) is 22.4. The zero-order valence-corrected chi connectivity index (χ0v) is 25.7. The lowest BCUT2D eigenvalue weighted by Crippen LogP contribution is -2.70. The van der Waals surface area contributed by atoms with Gasteiger partial charge in [-0.3, -0.25) is 19.3 Å². The van der Waals surface area contributed by atoms with Crippen molar-refractivity contribution in [1.29, 1.82) is 0 Å². The second-order valence-corrected chi connectivity index (χ2v) is 13.9. The molecule has 3 aromatic carbocycles. The minimum absolute atomic E-state index is 0.0120. The predicted molar refractivity (Wildman–Crippen MR) is 168 cm³/mol. The molecule has 3 saturated heterocycles. The smallest absolute Gasteiger partial charge is 0.278 e. The van der Waals surface area contributed by atoms with E-state index < -0.39 is 29.3 Å². The van der Waals surface area contributed by atoms with Crippen LogP contribution in [0.3, 0.4) is 0 Å². The number of thioether (sulfide) groups is 1. The maximum atomic E-state index is 15.7. The van der Waals surface area contributed by atoms with Crippen LogP contribution in [0.1, 0.15) is 64.5 Å². The van der Waals surface area contributed by atoms with Crippen LogP contribution in [-0.4, -0.2) is 39.9 Å². The molecule has 0 saturated carbocycles. The fraction of sp³-hybridized carbons (Fsp3) is 0.333. The zero-order chi connectivity index (χ0) is 31.2. The lowest BCUT2D eigenvalue weighted by molar-refractivity contribution is -0.0757. The normalized spacial score (nSPS) is 27.3. The van der Waals surface area contributed by atoms with E-state index in [1.807, 2.05) is 59.5 Å². The Morgan fingerprint density at radius 2 is 1.78 bits per heavy atom. The number of halogens is 2. The molecule has 10 heteroatoms. The van der Waals surface area contributed by atoms with Crippen molar-refractivity contribution in [2.75, 3.05) is 11.6 Å². The van der Waals surface area contributed by atoms with E-state index in [0.29, 0.717) is 24.1 Å². The number of carbonyl (C=O) groups excluding carboxylic acids is 1. The van der Waals surface area contributed by atoms with Crippen LogP contribution in [0.4, 0.5) is 8.78 Å². The van der Waals surface area contributed by atoms with Crippen molar-refractivity contribution in [3.8, 4) is 5.75 Å². The average Bonchev–Trinajstić information content (AvgIpc) is 3.61. The number of rotatable bonds is 4. The lowest BCUT2D eigenvalue weighted by atomic mass is 9.71. The molecular weight excluding hydrogens is 608 g/mol. The summed E-state index contributed by atoms with van der Waals surface area (Å²) in [6.07, 6.45) is 4.72. The fourth-order valence-electron chi connectivity index (χ4n) is 8.52. The van der Waals surface area contributed by atoms with Crippen LogP contribution in [0, 0.1) is 17.6 Å². The summed E-state index contributed by atoms with van der Waals surface area (Å²) in [7, 11) is 0. The van der Waals surface area contributed by atoms with E-state index in [1.54, 1.807) is 16.9 Å². The third kappa shape index (κ3) is 4.05. The van der Waals surface area contributed by atoms with E-state index >= 15 is 4.39 Å². The number of amides is 1. The second-order valence-electron chi connectivity index (χ2n) is 12.9. The molecule has 5 aliphatic heterocycles. The Bertz CT molecular complexity index is 1950. The number of hydrogen-bond donors (Lipinski definition) is 0. The molecule has 9 rings (SSSR count). The van der Waals surface area contributed by atoms with E-state index in [1.165, 1.54) is 23.9 Å². The Morgan fingerprint density at radius 3 is 2.63 bits per heavy atom. The van der Waals surface area contributed by atoms with Crippen molar-refractivity contribution in [2.45, 2.75) is 66.9 Å². The Hall–Kier alpha value is -4.15. The summed E-state index contributed by atoms with van der Waals surface area (Å²) in [5.41, 5.74) is 2.10. The number of hydrogen-bond acceptors (Lipinski definition) is 6. The minimum Gasteiger partial charge on any atom is -0.482 e. The SMILES string of the molecule is O=C1c2c(OCc3ccccc3)c(=O)ccn2N(C2c3ccccc3SCc3c2ccc(F)c3F)[C@@H]2[C@H]3C[C@@H]4CC[C@@]3(CCN12)O4. The van der Waals surface area contributed by atoms with Gasteiger partial charge in [-0.2, -0.15) is 0 Å². The standard InChI is InChI=1S/C36H31F2N3O4S/c37-27-11-10-23-25(30(27)38)20-46-29-9-5-4-8-24(29)31(23)41-34-26-18-22-12-14-36(26,45-22)15-17-39(34)35(43)32-33(28(42)13-16-40(32)41)44-19-21-6-2-1-3-7-21/h1-11,13,16,22,26,31,34H,12,14-15,17-20H2/t22-,26+,31?,34+,36-/m0/s1. The second kappa shape index (κ2) is 10.4. The van der Waals surface area contributed by atoms with Crippen molar-refractivity contribution in [3.05, 3.63) is 129 Å². The molecule has 46 heavy (non-hydrogen) atoms. The summed E-state index contributed by atoms with van der Waals surface area (Å²) >= 11 is 1.47. The molecule has 3 fully saturated rings. The first-order valence-corrected chi connectivity index (χ1v) is 16.8. The van der Waals surface area contributed by atoms with Crippen LogP contribution >= 0.6 is 11.8 Å². The number of carbonyl (C=O) groups is 1. The Labute approximate surface area is 268 Å². The van der Waals surface area contributed by atoms with Crippen molar-refractivity contribution in [1.82, 2.24) is 9.58 Å². The minimum atomic E-state index is -0.890. The van der Waals surface area contributed by atoms with Crippen molar-refractivity contribution in [2.24, 2.45) is 5.92 Å². The highest BCUT2D eigenvalue weighted by molar-refractivity contribution is 7.98. The molecule has 2 bridgehead atoms. The number of ether oxygens (including phenoxy) is 2. The number of benzene rings is 3. The average molecular weight is 640 g/mol. The Kier molecular flexibility index (Phi) is 6.37. The highest BCUT2D eigenvalue weighted by Gasteiger charge is 2.63. The largest absolute Gasteiger partial charge is 0.482 e. The summed E-state index contributed by atoms with van der Waals surface area (Å²) in [5, 5.41) is 2.13. The molecule has 0 N–H and O–H groups in total. The van der Waals surface area contributed by atoms with Gasteiger partial charge in [0.15, 0.2) is 23.1 Å². The number of aromatic nitrogens is 1. The quantitative estimate of drug-likeness (QED) is 0.267. The molecular formula is C36H31F2N3O4S. The molecule has 1 spiro atoms. The summed E-state index contributed by atoms with van der Waals surface area (Å²) < 4.78 is 45.0. The maximum absolute atomic E-state index is 15.7. The van der Waals surface area contributed by atoms with Gasteiger partial charge in [-0.15, -0.1) is 11.8 Å². The van der Waals surface area contributed by atoms with Crippen LogP contribution < -0.4 is 15.2 Å². The Morgan fingerprint density at radius 1 is 0.957 bits per heavy atom. The summed E-state index contributed by atoms with van der Waals surface area (Å²) in [6, 6.07) is 21.1. The van der Waals surface area contributed by atoms with Gasteiger partial charge in [-0.1, -0.05) is 54.6 Å². The van der Waals surface area contributed by atoms with E-state index in [-0.39, 0.29) is 47.3 Å². The molecule has 234 valence electrons. The van der Waals surface area contributed by atoms with Gasteiger partial charge in [0.25, 0.3) is 5.91 Å². The maximum Gasteiger partial charge on any atom is 0.278 e. The van der Waals surface area contributed by atoms with Gasteiger partial charge in [-0.05, 0) is 54.5 Å². The van der Waals surface area contributed by atoms with E-state index in [0.717, 1.165) is 35.3 Å². The van der Waals surface area contributed by atoms with E-state index in [4.69, 9.17) is 9.47 Å². The lowest BCUT2D eigenvalue weighted by Gasteiger charge is -2.57. The number of pyridine rings is 1. The third-order valence-corrected chi connectivity index (χ3v) is 11.7. The van der Waals surface area contributed by atoms with Gasteiger partial charge in [0.05, 0.1) is 17.7 Å². The molecule has 6 heterocycles. The molecule has 1 aromatic heterocycles. The van der Waals surface area contributed by atoms with Crippen LogP contribution in [0.5, 0.6) is 5.75 Å². The predicted octanol–water partition coefficient (Wildman–Crippen LogP) is 6.16. The topological polar surface area (TPSA) is 64.0 Å².